The molecule has 0 spiro atoms. The number of benzene rings is 1. The summed E-state index contributed by atoms with van der Waals surface area (Å²) in [7, 11) is 0. The van der Waals surface area contributed by atoms with E-state index in [4.69, 9.17) is 5.73 Å². The minimum absolute atomic E-state index is 0.234. The number of rotatable bonds is 3. The van der Waals surface area contributed by atoms with Gasteiger partial charge >= 0.3 is 0 Å². The fraction of sp³-hybridized carbons (Fsp3) is 0. The Labute approximate surface area is 115 Å². The molecule has 3 rings (SSSR count). The van der Waals surface area contributed by atoms with Crippen LogP contribution in [0.1, 0.15) is 10.5 Å². The molecule has 1 aromatic carbocycles. The van der Waals surface area contributed by atoms with Crippen LogP contribution >= 0.6 is 0 Å². The van der Waals surface area contributed by atoms with Gasteiger partial charge in [0.1, 0.15) is 11.5 Å². The summed E-state index contributed by atoms with van der Waals surface area (Å²) in [6, 6.07) is 14.8. The molecule has 3 N–H and O–H groups in total. The molecular formula is C15H12N4O. The number of fused-ring (bicyclic) bond motifs is 1. The number of hydrogen-bond donors (Lipinski definition) is 2. The third-order valence-corrected chi connectivity index (χ3v) is 2.88. The first-order chi connectivity index (χ1) is 9.72. The molecule has 0 saturated heterocycles. The highest BCUT2D eigenvalue weighted by molar-refractivity contribution is 5.91. The van der Waals surface area contributed by atoms with Crippen LogP contribution in [0, 0.1) is 0 Å². The summed E-state index contributed by atoms with van der Waals surface area (Å²) in [5.74, 6) is 0.0286. The molecule has 0 bridgehead atoms. The summed E-state index contributed by atoms with van der Waals surface area (Å²) in [6.07, 6.45) is 1.76. The third kappa shape index (κ3) is 2.42. The van der Waals surface area contributed by atoms with E-state index in [0.29, 0.717) is 5.82 Å². The molecule has 2 aromatic heterocycles. The molecule has 5 nitrogen and oxygen atoms in total. The summed E-state index contributed by atoms with van der Waals surface area (Å²) in [6.45, 7) is 0. The highest BCUT2D eigenvalue weighted by Gasteiger charge is 2.03. The maximum absolute atomic E-state index is 11.1. The minimum Gasteiger partial charge on any atom is -0.364 e. The van der Waals surface area contributed by atoms with Gasteiger partial charge in [0, 0.05) is 17.3 Å². The number of carbonyl (C=O) groups excluding carboxylic acids is 1. The molecule has 1 amide bonds. The average molecular weight is 264 g/mol. The molecular weight excluding hydrogens is 252 g/mol. The number of amides is 1. The van der Waals surface area contributed by atoms with Crippen LogP contribution < -0.4 is 11.1 Å². The fourth-order valence-corrected chi connectivity index (χ4v) is 1.94. The number of anilines is 2. The van der Waals surface area contributed by atoms with Crippen molar-refractivity contribution in [3.8, 4) is 0 Å². The normalized spacial score (nSPS) is 10.4. The van der Waals surface area contributed by atoms with E-state index in [9.17, 15) is 4.79 Å². The van der Waals surface area contributed by atoms with Gasteiger partial charge in [-0.25, -0.2) is 4.98 Å². The second-order valence-corrected chi connectivity index (χ2v) is 4.31. The largest absolute Gasteiger partial charge is 0.364 e. The number of aromatic nitrogens is 2. The van der Waals surface area contributed by atoms with E-state index >= 15 is 0 Å². The summed E-state index contributed by atoms with van der Waals surface area (Å²) < 4.78 is 0. The molecule has 3 aromatic rings. The van der Waals surface area contributed by atoms with Crippen LogP contribution in [-0.4, -0.2) is 15.9 Å². The van der Waals surface area contributed by atoms with Crippen LogP contribution in [0.3, 0.4) is 0 Å². The molecule has 0 aliphatic heterocycles. The lowest BCUT2D eigenvalue weighted by Gasteiger charge is -2.07. The molecule has 0 saturated carbocycles. The molecule has 2 heterocycles. The van der Waals surface area contributed by atoms with Gasteiger partial charge in [-0.3, -0.25) is 9.78 Å². The quantitative estimate of drug-likeness (QED) is 0.761. The Bertz CT molecular complexity index is 785. The van der Waals surface area contributed by atoms with Crippen LogP contribution in [0.5, 0.6) is 0 Å². The molecule has 0 unspecified atom stereocenters. The van der Waals surface area contributed by atoms with Crippen molar-refractivity contribution >= 4 is 28.3 Å². The molecule has 0 aliphatic carbocycles. The molecule has 5 heteroatoms. The molecule has 0 radical (unpaired) electrons. The Kier molecular flexibility index (Phi) is 3.01. The Morgan fingerprint density at radius 3 is 2.85 bits per heavy atom. The van der Waals surface area contributed by atoms with Crippen molar-refractivity contribution in [1.29, 1.82) is 0 Å². The highest BCUT2D eigenvalue weighted by atomic mass is 16.1. The molecule has 0 aliphatic rings. The summed E-state index contributed by atoms with van der Waals surface area (Å²) in [5, 5.41) is 4.18. The minimum atomic E-state index is -0.545. The van der Waals surface area contributed by atoms with E-state index in [2.05, 4.69) is 15.3 Å². The molecule has 0 fully saturated rings. The number of primary amides is 1. The first kappa shape index (κ1) is 12.1. The van der Waals surface area contributed by atoms with E-state index in [0.717, 1.165) is 16.6 Å². The topological polar surface area (TPSA) is 80.9 Å². The van der Waals surface area contributed by atoms with Gasteiger partial charge in [-0.2, -0.15) is 0 Å². The lowest BCUT2D eigenvalue weighted by Crippen LogP contribution is -2.13. The molecule has 20 heavy (non-hydrogen) atoms. The van der Waals surface area contributed by atoms with Crippen molar-refractivity contribution in [1.82, 2.24) is 9.97 Å². The van der Waals surface area contributed by atoms with Crippen LogP contribution in [0.4, 0.5) is 11.5 Å². The Morgan fingerprint density at radius 1 is 1.10 bits per heavy atom. The second-order valence-electron chi connectivity index (χ2n) is 4.31. The van der Waals surface area contributed by atoms with Gasteiger partial charge in [0.2, 0.25) is 0 Å². The summed E-state index contributed by atoms with van der Waals surface area (Å²) >= 11 is 0. The van der Waals surface area contributed by atoms with Crippen molar-refractivity contribution in [2.75, 3.05) is 5.32 Å². The molecule has 0 atom stereocenters. The maximum atomic E-state index is 11.1. The predicted molar refractivity (Wildman–Crippen MR) is 77.8 cm³/mol. The Hall–Kier alpha value is -2.95. The Balaban J connectivity index is 1.92. The summed E-state index contributed by atoms with van der Waals surface area (Å²) in [4.78, 5) is 19.5. The monoisotopic (exact) mass is 264 g/mol. The second kappa shape index (κ2) is 4.97. The smallest absolute Gasteiger partial charge is 0.267 e. The van der Waals surface area contributed by atoms with E-state index in [-0.39, 0.29) is 5.69 Å². The first-order valence-electron chi connectivity index (χ1n) is 6.11. The third-order valence-electron chi connectivity index (χ3n) is 2.88. The standard InChI is InChI=1S/C15H12N4O/c16-15(20)13-4-1-5-14(19-13)18-11-6-7-12-10(9-11)3-2-8-17-12/h1-9H,(H2,16,20)(H,18,19). The first-order valence-corrected chi connectivity index (χ1v) is 6.11. The van der Waals surface area contributed by atoms with Gasteiger partial charge in [0.15, 0.2) is 0 Å². The van der Waals surface area contributed by atoms with Crippen LogP contribution in [0.15, 0.2) is 54.7 Å². The lowest BCUT2D eigenvalue weighted by molar-refractivity contribution is 0.0995. The Morgan fingerprint density at radius 2 is 2.00 bits per heavy atom. The van der Waals surface area contributed by atoms with Gasteiger partial charge in [0.05, 0.1) is 5.52 Å². The highest BCUT2D eigenvalue weighted by Crippen LogP contribution is 2.20. The van der Waals surface area contributed by atoms with Crippen LogP contribution in [0.25, 0.3) is 10.9 Å². The van der Waals surface area contributed by atoms with Crippen molar-refractivity contribution in [2.45, 2.75) is 0 Å². The zero-order valence-corrected chi connectivity index (χ0v) is 10.6. The van der Waals surface area contributed by atoms with Gasteiger partial charge in [-0.1, -0.05) is 12.1 Å². The van der Waals surface area contributed by atoms with Crippen LogP contribution in [0.2, 0.25) is 0 Å². The number of nitrogens with two attached hydrogens (primary N) is 1. The van der Waals surface area contributed by atoms with Crippen LogP contribution in [-0.2, 0) is 0 Å². The SMILES string of the molecule is NC(=O)c1cccc(Nc2ccc3ncccc3c2)n1. The number of nitrogens with zero attached hydrogens (tertiary/aromatic N) is 2. The van der Waals surface area contributed by atoms with E-state index in [1.807, 2.05) is 30.3 Å². The van der Waals surface area contributed by atoms with Gasteiger partial charge in [0.25, 0.3) is 5.91 Å². The average Bonchev–Trinajstić information content (AvgIpc) is 2.47. The van der Waals surface area contributed by atoms with Crippen molar-refractivity contribution in [2.24, 2.45) is 5.73 Å². The zero-order valence-electron chi connectivity index (χ0n) is 10.6. The van der Waals surface area contributed by atoms with Crippen molar-refractivity contribution < 1.29 is 4.79 Å². The zero-order chi connectivity index (χ0) is 13.9. The van der Waals surface area contributed by atoms with Crippen molar-refractivity contribution in [3.05, 3.63) is 60.4 Å². The number of carbonyl (C=O) groups is 1. The predicted octanol–water partition coefficient (Wildman–Crippen LogP) is 2.47. The van der Waals surface area contributed by atoms with Crippen molar-refractivity contribution in [3.63, 3.8) is 0 Å². The summed E-state index contributed by atoms with van der Waals surface area (Å²) in [5.41, 5.74) is 7.25. The fourth-order valence-electron chi connectivity index (χ4n) is 1.94. The van der Waals surface area contributed by atoms with Gasteiger partial charge < -0.3 is 11.1 Å². The van der Waals surface area contributed by atoms with Gasteiger partial charge in [-0.05, 0) is 36.4 Å². The number of hydrogen-bond acceptors (Lipinski definition) is 4. The molecule has 98 valence electrons. The van der Waals surface area contributed by atoms with E-state index in [1.165, 1.54) is 0 Å². The number of nitrogens with one attached hydrogen (secondary N) is 1. The lowest BCUT2D eigenvalue weighted by atomic mass is 10.2. The number of pyridine rings is 2. The van der Waals surface area contributed by atoms with E-state index < -0.39 is 5.91 Å². The maximum Gasteiger partial charge on any atom is 0.267 e. The van der Waals surface area contributed by atoms with Gasteiger partial charge in [-0.15, -0.1) is 0 Å². The van der Waals surface area contributed by atoms with E-state index in [1.54, 1.807) is 24.4 Å².